The highest BCUT2D eigenvalue weighted by Crippen LogP contribution is 2.21. The van der Waals surface area contributed by atoms with E-state index in [1.54, 1.807) is 6.26 Å². The van der Waals surface area contributed by atoms with E-state index in [2.05, 4.69) is 0 Å². The van der Waals surface area contributed by atoms with E-state index in [0.29, 0.717) is 19.8 Å². The molecule has 1 unspecified atom stereocenters. The van der Waals surface area contributed by atoms with Gasteiger partial charge in [-0.1, -0.05) is 60.7 Å². The van der Waals surface area contributed by atoms with E-state index >= 15 is 0 Å². The summed E-state index contributed by atoms with van der Waals surface area (Å²) in [5.41, 5.74) is 2.28. The molecule has 0 radical (unpaired) electrons. The molecule has 0 spiro atoms. The van der Waals surface area contributed by atoms with Crippen molar-refractivity contribution in [1.82, 2.24) is 0 Å². The molecule has 118 valence electrons. The minimum absolute atomic E-state index is 0.214. The molecule has 0 amide bonds. The van der Waals surface area contributed by atoms with Crippen LogP contribution < -0.4 is 0 Å². The third kappa shape index (κ3) is 4.81. The average molecular weight is 308 g/mol. The summed E-state index contributed by atoms with van der Waals surface area (Å²) in [4.78, 5) is 0. The predicted molar refractivity (Wildman–Crippen MR) is 88.8 cm³/mol. The van der Waals surface area contributed by atoms with Crippen LogP contribution in [-0.2, 0) is 22.7 Å². The van der Waals surface area contributed by atoms with E-state index in [1.165, 1.54) is 0 Å². The Hall–Kier alpha value is -2.36. The van der Waals surface area contributed by atoms with E-state index in [0.717, 1.165) is 16.9 Å². The number of hydrogen-bond donors (Lipinski definition) is 0. The van der Waals surface area contributed by atoms with Crippen molar-refractivity contribution in [3.8, 4) is 0 Å². The molecule has 0 saturated heterocycles. The fourth-order valence-electron chi connectivity index (χ4n) is 2.32. The summed E-state index contributed by atoms with van der Waals surface area (Å²) < 4.78 is 17.3. The van der Waals surface area contributed by atoms with Crippen molar-refractivity contribution in [2.24, 2.45) is 0 Å². The van der Waals surface area contributed by atoms with Crippen LogP contribution in [0.5, 0.6) is 0 Å². The quantitative estimate of drug-likeness (QED) is 0.601. The SMILES string of the molecule is c1ccc(COCC(OCc2ccccc2)c2ccco2)cc1. The van der Waals surface area contributed by atoms with Crippen LogP contribution in [0.4, 0.5) is 0 Å². The van der Waals surface area contributed by atoms with Gasteiger partial charge in [-0.25, -0.2) is 0 Å². The highest BCUT2D eigenvalue weighted by atomic mass is 16.5. The molecule has 0 bridgehead atoms. The smallest absolute Gasteiger partial charge is 0.139 e. The largest absolute Gasteiger partial charge is 0.466 e. The Balaban J connectivity index is 1.56. The van der Waals surface area contributed by atoms with Gasteiger partial charge in [0.1, 0.15) is 11.9 Å². The molecule has 23 heavy (non-hydrogen) atoms. The van der Waals surface area contributed by atoms with Gasteiger partial charge < -0.3 is 13.9 Å². The van der Waals surface area contributed by atoms with Crippen molar-refractivity contribution in [2.45, 2.75) is 19.3 Å². The van der Waals surface area contributed by atoms with Gasteiger partial charge in [0.15, 0.2) is 0 Å². The first-order valence-corrected chi connectivity index (χ1v) is 7.72. The molecular weight excluding hydrogens is 288 g/mol. The van der Waals surface area contributed by atoms with Crippen LogP contribution in [0.15, 0.2) is 83.5 Å². The fraction of sp³-hybridized carbons (Fsp3) is 0.200. The maximum absolute atomic E-state index is 5.99. The first-order valence-electron chi connectivity index (χ1n) is 7.72. The molecular formula is C20H20O3. The lowest BCUT2D eigenvalue weighted by molar-refractivity contribution is -0.0412. The number of rotatable bonds is 8. The van der Waals surface area contributed by atoms with Gasteiger partial charge in [-0.3, -0.25) is 0 Å². The van der Waals surface area contributed by atoms with Crippen molar-refractivity contribution in [3.63, 3.8) is 0 Å². The molecule has 0 aliphatic carbocycles. The summed E-state index contributed by atoms with van der Waals surface area (Å²) in [6.45, 7) is 1.54. The molecule has 0 saturated carbocycles. The first kappa shape index (κ1) is 15.5. The highest BCUT2D eigenvalue weighted by molar-refractivity contribution is 5.14. The maximum Gasteiger partial charge on any atom is 0.139 e. The standard InChI is InChI=1S/C20H20O3/c1-3-8-17(9-4-1)14-21-16-20(19-12-7-13-22-19)23-15-18-10-5-2-6-11-18/h1-13,20H,14-16H2. The molecule has 0 fully saturated rings. The molecule has 3 rings (SSSR count). The maximum atomic E-state index is 5.99. The molecule has 1 aromatic heterocycles. The van der Waals surface area contributed by atoms with Crippen LogP contribution in [0.2, 0.25) is 0 Å². The molecule has 0 aliphatic rings. The van der Waals surface area contributed by atoms with Crippen molar-refractivity contribution in [3.05, 3.63) is 95.9 Å². The van der Waals surface area contributed by atoms with Crippen molar-refractivity contribution in [2.75, 3.05) is 6.61 Å². The topological polar surface area (TPSA) is 31.6 Å². The second kappa shape index (κ2) is 8.32. The molecule has 1 heterocycles. The van der Waals surface area contributed by atoms with E-state index < -0.39 is 0 Å². The summed E-state index contributed by atoms with van der Waals surface area (Å²) in [6, 6.07) is 24.0. The Morgan fingerprint density at radius 3 is 2.00 bits per heavy atom. The Kier molecular flexibility index (Phi) is 5.62. The van der Waals surface area contributed by atoms with Gasteiger partial charge in [0.25, 0.3) is 0 Å². The van der Waals surface area contributed by atoms with Gasteiger partial charge in [-0.2, -0.15) is 0 Å². The molecule has 0 N–H and O–H groups in total. The molecule has 1 atom stereocenters. The minimum atomic E-state index is -0.214. The van der Waals surface area contributed by atoms with E-state index in [4.69, 9.17) is 13.9 Å². The third-order valence-electron chi connectivity index (χ3n) is 3.54. The lowest BCUT2D eigenvalue weighted by atomic mass is 10.2. The Morgan fingerprint density at radius 2 is 1.39 bits per heavy atom. The molecule has 2 aromatic carbocycles. The Morgan fingerprint density at radius 1 is 0.739 bits per heavy atom. The number of furan rings is 1. The average Bonchev–Trinajstić information content (AvgIpc) is 3.14. The summed E-state index contributed by atoms with van der Waals surface area (Å²) in [6.07, 6.45) is 1.44. The van der Waals surface area contributed by atoms with Gasteiger partial charge in [-0.05, 0) is 23.3 Å². The normalized spacial score (nSPS) is 12.2. The van der Waals surface area contributed by atoms with Gasteiger partial charge in [0, 0.05) is 0 Å². The molecule has 3 nitrogen and oxygen atoms in total. The summed E-state index contributed by atoms with van der Waals surface area (Å²) in [7, 11) is 0. The molecule has 0 aliphatic heterocycles. The molecule has 3 aromatic rings. The zero-order valence-electron chi connectivity index (χ0n) is 12.9. The van der Waals surface area contributed by atoms with Gasteiger partial charge in [0.05, 0.1) is 26.1 Å². The Labute approximate surface area is 136 Å². The van der Waals surface area contributed by atoms with E-state index in [1.807, 2.05) is 72.8 Å². The zero-order chi connectivity index (χ0) is 15.7. The summed E-state index contributed by atoms with van der Waals surface area (Å²) in [5.74, 6) is 0.786. The Bertz CT molecular complexity index is 663. The van der Waals surface area contributed by atoms with Crippen LogP contribution in [0.25, 0.3) is 0 Å². The van der Waals surface area contributed by atoms with E-state index in [-0.39, 0.29) is 6.10 Å². The lowest BCUT2D eigenvalue weighted by Gasteiger charge is -2.16. The summed E-state index contributed by atoms with van der Waals surface area (Å²) >= 11 is 0. The zero-order valence-corrected chi connectivity index (χ0v) is 12.9. The van der Waals surface area contributed by atoms with E-state index in [9.17, 15) is 0 Å². The monoisotopic (exact) mass is 308 g/mol. The minimum Gasteiger partial charge on any atom is -0.466 e. The van der Waals surface area contributed by atoms with Gasteiger partial charge in [0.2, 0.25) is 0 Å². The number of hydrogen-bond acceptors (Lipinski definition) is 3. The summed E-state index contributed by atoms with van der Waals surface area (Å²) in [5, 5.41) is 0. The van der Waals surface area contributed by atoms with Gasteiger partial charge >= 0.3 is 0 Å². The second-order valence-corrected chi connectivity index (χ2v) is 5.30. The second-order valence-electron chi connectivity index (χ2n) is 5.30. The van der Waals surface area contributed by atoms with Crippen molar-refractivity contribution >= 4 is 0 Å². The lowest BCUT2D eigenvalue weighted by Crippen LogP contribution is -2.11. The van der Waals surface area contributed by atoms with Crippen LogP contribution in [0.1, 0.15) is 23.0 Å². The van der Waals surface area contributed by atoms with Crippen LogP contribution in [-0.4, -0.2) is 6.61 Å². The van der Waals surface area contributed by atoms with Crippen molar-refractivity contribution in [1.29, 1.82) is 0 Å². The first-order chi connectivity index (χ1) is 11.4. The van der Waals surface area contributed by atoms with Gasteiger partial charge in [-0.15, -0.1) is 0 Å². The van der Waals surface area contributed by atoms with Crippen LogP contribution in [0.3, 0.4) is 0 Å². The number of benzene rings is 2. The molecule has 3 heteroatoms. The number of ether oxygens (including phenoxy) is 2. The third-order valence-corrected chi connectivity index (χ3v) is 3.54. The fourth-order valence-corrected chi connectivity index (χ4v) is 2.32. The van der Waals surface area contributed by atoms with Crippen LogP contribution >= 0.6 is 0 Å². The highest BCUT2D eigenvalue weighted by Gasteiger charge is 2.15. The van der Waals surface area contributed by atoms with Crippen LogP contribution in [0, 0.1) is 0 Å². The van der Waals surface area contributed by atoms with Crippen molar-refractivity contribution < 1.29 is 13.9 Å². The predicted octanol–water partition coefficient (Wildman–Crippen LogP) is 4.75.